The minimum atomic E-state index is -0.732. The number of hydrogen-bond donors (Lipinski definition) is 1. The minimum Gasteiger partial charge on any atom is -0.382 e. The van der Waals surface area contributed by atoms with Gasteiger partial charge in [-0.25, -0.2) is 4.39 Å². The molecule has 32 heavy (non-hydrogen) atoms. The molecule has 1 aromatic heterocycles. The average Bonchev–Trinajstić information content (AvgIpc) is 2.83. The van der Waals surface area contributed by atoms with E-state index in [-0.39, 0.29) is 23.9 Å². The number of fused-ring (bicyclic) bond motifs is 4. The molecule has 0 amide bonds. The molecule has 0 unspecified atom stereocenters. The van der Waals surface area contributed by atoms with Gasteiger partial charge in [0.2, 0.25) is 5.78 Å². The summed E-state index contributed by atoms with van der Waals surface area (Å²) < 4.78 is 14.8. The third kappa shape index (κ3) is 3.46. The number of aliphatic hydroxyl groups is 1. The summed E-state index contributed by atoms with van der Waals surface area (Å²) in [6, 6.07) is 15.7. The van der Waals surface area contributed by atoms with Crippen molar-refractivity contribution in [2.75, 3.05) is 19.6 Å². The van der Waals surface area contributed by atoms with E-state index >= 15 is 0 Å². The van der Waals surface area contributed by atoms with Crippen molar-refractivity contribution in [2.45, 2.75) is 25.0 Å². The van der Waals surface area contributed by atoms with Gasteiger partial charge in [0.25, 0.3) is 0 Å². The zero-order chi connectivity index (χ0) is 22.3. The van der Waals surface area contributed by atoms with Gasteiger partial charge in [-0.2, -0.15) is 0 Å². The molecule has 6 rings (SSSR count). The number of piperidine rings is 3. The Morgan fingerprint density at radius 2 is 2.00 bits per heavy atom. The fraction of sp³-hybridized carbons (Fsp3) is 0.333. The molecule has 4 heterocycles. The van der Waals surface area contributed by atoms with Crippen molar-refractivity contribution in [3.63, 3.8) is 0 Å². The molecule has 3 saturated heterocycles. The average molecular weight is 432 g/mol. The second-order valence-corrected chi connectivity index (χ2v) is 9.30. The highest BCUT2D eigenvalue weighted by atomic mass is 19.1. The Bertz CT molecular complexity index is 1170. The van der Waals surface area contributed by atoms with E-state index in [9.17, 15) is 14.3 Å². The first-order valence-electron chi connectivity index (χ1n) is 11.3. The maximum absolute atomic E-state index is 14.4. The van der Waals surface area contributed by atoms with Gasteiger partial charge in [0, 0.05) is 30.3 Å². The van der Waals surface area contributed by atoms with Gasteiger partial charge >= 0.3 is 0 Å². The smallest absolute Gasteiger partial charge is 0.219 e. The number of para-hydroxylation sites is 1. The molecular formula is C27H28FN2O2+. The number of rotatable bonds is 6. The van der Waals surface area contributed by atoms with Crippen molar-refractivity contribution in [2.24, 2.45) is 11.8 Å². The van der Waals surface area contributed by atoms with Crippen LogP contribution in [-0.2, 0) is 0 Å². The Kier molecular flexibility index (Phi) is 5.39. The second kappa shape index (κ2) is 8.23. The number of carbonyl (C=O) groups excluding carboxylic acids is 1. The lowest BCUT2D eigenvalue weighted by molar-refractivity contribution is -0.966. The summed E-state index contributed by atoms with van der Waals surface area (Å²) >= 11 is 0. The predicted octanol–water partition coefficient (Wildman–Crippen LogP) is 4.70. The number of aliphatic hydroxyl groups excluding tert-OH is 1. The monoisotopic (exact) mass is 431 g/mol. The summed E-state index contributed by atoms with van der Waals surface area (Å²) in [5, 5.41) is 12.6. The molecule has 1 N–H and O–H groups in total. The van der Waals surface area contributed by atoms with Gasteiger partial charge in [-0.1, -0.05) is 36.4 Å². The molecule has 4 nitrogen and oxygen atoms in total. The van der Waals surface area contributed by atoms with Crippen LogP contribution in [0.5, 0.6) is 0 Å². The van der Waals surface area contributed by atoms with Gasteiger partial charge in [-0.15, -0.1) is 6.58 Å². The Labute approximate surface area is 187 Å². The maximum atomic E-state index is 14.4. The third-order valence-corrected chi connectivity index (χ3v) is 7.67. The van der Waals surface area contributed by atoms with Crippen LogP contribution in [0.25, 0.3) is 10.9 Å². The van der Waals surface area contributed by atoms with E-state index in [1.807, 2.05) is 36.4 Å². The number of carbonyl (C=O) groups is 1. The number of halogens is 1. The Hall–Kier alpha value is -2.89. The number of ketones is 1. The summed E-state index contributed by atoms with van der Waals surface area (Å²) in [5.74, 6) is 0.0572. The SMILES string of the molecule is C=C[C@H]1C[N@+]2(CC(=O)c3ccccc3F)CC[C@H]1C[C@H]2[C@H](O)c1ccnc2ccccc12. The van der Waals surface area contributed by atoms with Crippen LogP contribution >= 0.6 is 0 Å². The quantitative estimate of drug-likeness (QED) is 0.350. The first-order valence-corrected chi connectivity index (χ1v) is 11.3. The van der Waals surface area contributed by atoms with Gasteiger partial charge in [0.1, 0.15) is 24.5 Å². The molecule has 3 fully saturated rings. The maximum Gasteiger partial charge on any atom is 0.219 e. The number of hydrogen-bond acceptors (Lipinski definition) is 3. The molecule has 2 bridgehead atoms. The molecule has 5 heteroatoms. The normalized spacial score (nSPS) is 27.9. The Morgan fingerprint density at radius 1 is 1.22 bits per heavy atom. The molecular weight excluding hydrogens is 403 g/mol. The number of benzene rings is 2. The van der Waals surface area contributed by atoms with Gasteiger partial charge in [-0.05, 0) is 35.7 Å². The van der Waals surface area contributed by atoms with Crippen LogP contribution in [0, 0.1) is 17.7 Å². The van der Waals surface area contributed by atoms with E-state index in [4.69, 9.17) is 0 Å². The number of aromatic nitrogens is 1. The summed E-state index contributed by atoms with van der Waals surface area (Å²) in [6.45, 7) is 5.77. The van der Waals surface area contributed by atoms with E-state index < -0.39 is 11.9 Å². The number of Topliss-reactive ketones (excluding diaryl/α,β-unsaturated/α-hetero) is 1. The minimum absolute atomic E-state index is 0.130. The molecule has 2 aromatic carbocycles. The first-order chi connectivity index (χ1) is 15.5. The van der Waals surface area contributed by atoms with Crippen LogP contribution in [0.4, 0.5) is 4.39 Å². The highest BCUT2D eigenvalue weighted by Gasteiger charge is 2.54. The molecule has 3 aliphatic rings. The highest BCUT2D eigenvalue weighted by Crippen LogP contribution is 2.47. The number of pyridine rings is 1. The summed E-state index contributed by atoms with van der Waals surface area (Å²) in [7, 11) is 0. The molecule has 164 valence electrons. The van der Waals surface area contributed by atoms with Gasteiger partial charge in [-0.3, -0.25) is 9.78 Å². The van der Waals surface area contributed by atoms with E-state index in [2.05, 4.69) is 11.6 Å². The van der Waals surface area contributed by atoms with E-state index in [1.54, 1.807) is 24.4 Å². The lowest BCUT2D eigenvalue weighted by Crippen LogP contribution is -2.69. The van der Waals surface area contributed by atoms with Gasteiger partial charge < -0.3 is 9.59 Å². The Morgan fingerprint density at radius 3 is 2.81 bits per heavy atom. The second-order valence-electron chi connectivity index (χ2n) is 9.30. The van der Waals surface area contributed by atoms with Crippen molar-refractivity contribution in [1.82, 2.24) is 4.98 Å². The van der Waals surface area contributed by atoms with Crippen molar-refractivity contribution in [1.29, 1.82) is 0 Å². The largest absolute Gasteiger partial charge is 0.382 e. The van der Waals surface area contributed by atoms with Crippen LogP contribution in [-0.4, -0.2) is 46.0 Å². The molecule has 0 radical (unpaired) electrons. The van der Waals surface area contributed by atoms with Crippen molar-refractivity contribution in [3.8, 4) is 0 Å². The van der Waals surface area contributed by atoms with Crippen molar-refractivity contribution >= 4 is 16.7 Å². The highest BCUT2D eigenvalue weighted by molar-refractivity contribution is 5.97. The first kappa shape index (κ1) is 21.0. The van der Waals surface area contributed by atoms with Crippen molar-refractivity contribution in [3.05, 3.63) is 90.4 Å². The van der Waals surface area contributed by atoms with E-state index in [1.165, 1.54) is 6.07 Å². The van der Waals surface area contributed by atoms with Crippen molar-refractivity contribution < 1.29 is 18.8 Å². The molecule has 3 aromatic rings. The summed E-state index contributed by atoms with van der Waals surface area (Å²) in [5.41, 5.74) is 1.82. The summed E-state index contributed by atoms with van der Waals surface area (Å²) in [4.78, 5) is 17.7. The molecule has 3 aliphatic heterocycles. The predicted molar refractivity (Wildman–Crippen MR) is 122 cm³/mol. The molecule has 0 aliphatic carbocycles. The zero-order valence-corrected chi connectivity index (χ0v) is 18.0. The van der Waals surface area contributed by atoms with Crippen LogP contribution in [0.1, 0.15) is 34.9 Å². The lowest BCUT2D eigenvalue weighted by atomic mass is 9.71. The molecule has 5 atom stereocenters. The topological polar surface area (TPSA) is 50.2 Å². The fourth-order valence-electron chi connectivity index (χ4n) is 6.02. The van der Waals surface area contributed by atoms with Crippen LogP contribution in [0.2, 0.25) is 0 Å². The van der Waals surface area contributed by atoms with Gasteiger partial charge in [0.05, 0.1) is 24.2 Å². The number of nitrogens with zero attached hydrogens (tertiary/aromatic N) is 2. The van der Waals surface area contributed by atoms with E-state index in [0.29, 0.717) is 16.3 Å². The van der Waals surface area contributed by atoms with Crippen LogP contribution in [0.3, 0.4) is 0 Å². The molecule has 0 spiro atoms. The third-order valence-electron chi connectivity index (χ3n) is 7.67. The Balaban J connectivity index is 1.54. The van der Waals surface area contributed by atoms with E-state index in [0.717, 1.165) is 42.4 Å². The zero-order valence-electron chi connectivity index (χ0n) is 18.0. The fourth-order valence-corrected chi connectivity index (χ4v) is 6.02. The summed E-state index contributed by atoms with van der Waals surface area (Å²) in [6.07, 6.45) is 4.80. The molecule has 0 saturated carbocycles. The van der Waals surface area contributed by atoms with Gasteiger partial charge in [0.15, 0.2) is 0 Å². The lowest BCUT2D eigenvalue weighted by Gasteiger charge is -2.57. The number of quaternary nitrogens is 1. The van der Waals surface area contributed by atoms with Crippen LogP contribution < -0.4 is 0 Å². The standard InChI is InChI=1S/C27H28FN2O2/c1-2-18-16-30(17-26(31)22-8-3-5-9-23(22)28)14-12-19(18)15-25(30)27(32)21-11-13-29-24-10-6-4-7-20(21)24/h2-11,13,18-19,25,27,32H,1,12,14-17H2/q+1/t18-,19-,25-,27+,30-/m0/s1. The van der Waals surface area contributed by atoms with Crippen LogP contribution in [0.15, 0.2) is 73.4 Å².